The van der Waals surface area contributed by atoms with Gasteiger partial charge < -0.3 is 5.32 Å². The van der Waals surface area contributed by atoms with Gasteiger partial charge in [-0.2, -0.15) is 5.10 Å². The van der Waals surface area contributed by atoms with Crippen molar-refractivity contribution in [3.63, 3.8) is 0 Å². The second kappa shape index (κ2) is 5.32. The first-order valence-electron chi connectivity index (χ1n) is 5.69. The van der Waals surface area contributed by atoms with Crippen LogP contribution in [0.1, 0.15) is 10.4 Å². The van der Waals surface area contributed by atoms with Crippen molar-refractivity contribution in [3.8, 4) is 0 Å². The summed E-state index contributed by atoms with van der Waals surface area (Å²) in [5.41, 5.74) is 0.973. The van der Waals surface area contributed by atoms with Gasteiger partial charge in [0.1, 0.15) is 4.21 Å². The fraction of sp³-hybridized carbons (Fsp3) is 0.364. The first kappa shape index (κ1) is 14.0. The zero-order chi connectivity index (χ0) is 14.0. The maximum atomic E-state index is 12.2. The second-order valence-electron chi connectivity index (χ2n) is 4.18. The molecule has 0 aliphatic heterocycles. The van der Waals surface area contributed by atoms with Crippen molar-refractivity contribution in [2.75, 3.05) is 11.8 Å². The van der Waals surface area contributed by atoms with Crippen LogP contribution in [0.25, 0.3) is 0 Å². The van der Waals surface area contributed by atoms with Gasteiger partial charge in [0, 0.05) is 30.7 Å². The lowest BCUT2D eigenvalue weighted by atomic mass is 10.3. The van der Waals surface area contributed by atoms with Crippen molar-refractivity contribution in [2.45, 2.75) is 17.7 Å². The first-order valence-corrected chi connectivity index (χ1v) is 7.98. The number of anilines is 1. The van der Waals surface area contributed by atoms with Crippen LogP contribution in [0.15, 0.2) is 22.5 Å². The van der Waals surface area contributed by atoms with Crippen LogP contribution in [-0.2, 0) is 23.6 Å². The van der Waals surface area contributed by atoms with Crippen LogP contribution in [0.5, 0.6) is 0 Å². The van der Waals surface area contributed by atoms with E-state index in [1.165, 1.54) is 11.3 Å². The Balaban J connectivity index is 2.26. The number of thiophene rings is 1. The maximum Gasteiger partial charge on any atom is 0.272 e. The van der Waals surface area contributed by atoms with Crippen LogP contribution in [0, 0.1) is 6.92 Å². The predicted octanol–water partition coefficient (Wildman–Crippen LogP) is 1.31. The lowest BCUT2D eigenvalue weighted by Gasteiger charge is -2.02. The molecule has 2 heterocycles. The fourth-order valence-corrected chi connectivity index (χ4v) is 4.21. The third-order valence-electron chi connectivity index (χ3n) is 2.55. The molecule has 2 aromatic heterocycles. The van der Waals surface area contributed by atoms with E-state index in [1.807, 2.05) is 14.0 Å². The predicted molar refractivity (Wildman–Crippen MR) is 75.8 cm³/mol. The molecular weight excluding hydrogens is 284 g/mol. The highest BCUT2D eigenvalue weighted by atomic mass is 32.2. The third kappa shape index (κ3) is 3.14. The summed E-state index contributed by atoms with van der Waals surface area (Å²) >= 11 is 1.27. The van der Waals surface area contributed by atoms with Crippen molar-refractivity contribution in [1.29, 1.82) is 0 Å². The monoisotopic (exact) mass is 300 g/mol. The Morgan fingerprint density at radius 2 is 2.21 bits per heavy atom. The van der Waals surface area contributed by atoms with Gasteiger partial charge in [0.2, 0.25) is 0 Å². The minimum atomic E-state index is -3.56. The smallest absolute Gasteiger partial charge is 0.272 e. The van der Waals surface area contributed by atoms with Crippen LogP contribution in [-0.4, -0.2) is 25.2 Å². The van der Waals surface area contributed by atoms with E-state index in [-0.39, 0.29) is 0 Å². The Hall–Kier alpha value is -1.38. The molecule has 2 aromatic rings. The molecule has 0 aliphatic carbocycles. The largest absolute Gasteiger partial charge is 0.315 e. The van der Waals surface area contributed by atoms with E-state index in [1.54, 1.807) is 30.1 Å². The summed E-state index contributed by atoms with van der Waals surface area (Å²) in [7, 11) is 0.0120. The summed E-state index contributed by atoms with van der Waals surface area (Å²) in [6.07, 6.45) is 1.68. The van der Waals surface area contributed by atoms with Crippen LogP contribution in [0.2, 0.25) is 0 Å². The zero-order valence-electron chi connectivity index (χ0n) is 11.0. The number of sulfonamides is 1. The maximum absolute atomic E-state index is 12.2. The van der Waals surface area contributed by atoms with E-state index in [0.29, 0.717) is 16.6 Å². The zero-order valence-corrected chi connectivity index (χ0v) is 12.6. The topological polar surface area (TPSA) is 76.0 Å². The van der Waals surface area contributed by atoms with Crippen LogP contribution in [0.4, 0.5) is 5.82 Å². The molecule has 104 valence electrons. The molecule has 0 bridgehead atoms. The standard InChI is InChI=1S/C11H16N4O2S2/c1-8-6-11(18-9(8)7-12-2)19(16,17)14-10-4-5-15(3)13-10/h4-6,12H,7H2,1-3H3,(H,13,14). The lowest BCUT2D eigenvalue weighted by molar-refractivity contribution is 0.602. The summed E-state index contributed by atoms with van der Waals surface area (Å²) in [6, 6.07) is 3.30. The van der Waals surface area contributed by atoms with Gasteiger partial charge >= 0.3 is 0 Å². The summed E-state index contributed by atoms with van der Waals surface area (Å²) in [5.74, 6) is 0.323. The molecule has 6 nitrogen and oxygen atoms in total. The second-order valence-corrected chi connectivity index (χ2v) is 7.23. The third-order valence-corrected chi connectivity index (χ3v) is 5.62. The van der Waals surface area contributed by atoms with Gasteiger partial charge in [-0.1, -0.05) is 0 Å². The fourth-order valence-electron chi connectivity index (χ4n) is 1.61. The molecule has 0 aromatic carbocycles. The Kier molecular flexibility index (Phi) is 3.93. The van der Waals surface area contributed by atoms with Crippen LogP contribution < -0.4 is 10.0 Å². The summed E-state index contributed by atoms with van der Waals surface area (Å²) in [4.78, 5) is 1.02. The Morgan fingerprint density at radius 3 is 2.79 bits per heavy atom. The highest BCUT2D eigenvalue weighted by Crippen LogP contribution is 2.27. The number of nitrogens with one attached hydrogen (secondary N) is 2. The molecule has 0 atom stereocenters. The minimum Gasteiger partial charge on any atom is -0.315 e. The van der Waals surface area contributed by atoms with Gasteiger partial charge in [-0.3, -0.25) is 9.40 Å². The SMILES string of the molecule is CNCc1sc(S(=O)(=O)Nc2ccn(C)n2)cc1C. The van der Waals surface area contributed by atoms with Gasteiger partial charge in [0.05, 0.1) is 0 Å². The number of hydrogen-bond acceptors (Lipinski definition) is 5. The molecule has 0 aliphatic rings. The summed E-state index contributed by atoms with van der Waals surface area (Å²) in [6.45, 7) is 2.57. The van der Waals surface area contributed by atoms with Crippen molar-refractivity contribution >= 4 is 27.2 Å². The molecule has 2 rings (SSSR count). The van der Waals surface area contributed by atoms with E-state index >= 15 is 0 Å². The molecule has 2 N–H and O–H groups in total. The van der Waals surface area contributed by atoms with E-state index < -0.39 is 10.0 Å². The number of rotatable bonds is 5. The Morgan fingerprint density at radius 1 is 1.47 bits per heavy atom. The molecule has 0 saturated heterocycles. The van der Waals surface area contributed by atoms with Gasteiger partial charge in [-0.05, 0) is 25.6 Å². The van der Waals surface area contributed by atoms with Gasteiger partial charge in [0.15, 0.2) is 5.82 Å². The normalized spacial score (nSPS) is 11.7. The molecular formula is C11H16N4O2S2. The lowest BCUT2D eigenvalue weighted by Crippen LogP contribution is -2.12. The molecule has 0 amide bonds. The van der Waals surface area contributed by atoms with Crippen molar-refractivity contribution in [1.82, 2.24) is 15.1 Å². The summed E-state index contributed by atoms with van der Waals surface area (Å²) in [5, 5.41) is 7.03. The van der Waals surface area contributed by atoms with E-state index in [0.717, 1.165) is 10.4 Å². The number of hydrogen-bond donors (Lipinski definition) is 2. The number of aromatic nitrogens is 2. The van der Waals surface area contributed by atoms with Crippen LogP contribution in [0.3, 0.4) is 0 Å². The average Bonchev–Trinajstić information content (AvgIpc) is 2.87. The number of nitrogens with zero attached hydrogens (tertiary/aromatic N) is 2. The molecule has 0 unspecified atom stereocenters. The van der Waals surface area contributed by atoms with Crippen molar-refractivity contribution in [3.05, 3.63) is 28.8 Å². The molecule has 0 fully saturated rings. The van der Waals surface area contributed by atoms with Gasteiger partial charge in [0.25, 0.3) is 10.0 Å². The molecule has 0 radical (unpaired) electrons. The van der Waals surface area contributed by atoms with Gasteiger partial charge in [-0.15, -0.1) is 11.3 Å². The van der Waals surface area contributed by atoms with Crippen LogP contribution >= 0.6 is 11.3 Å². The van der Waals surface area contributed by atoms with E-state index in [2.05, 4.69) is 15.1 Å². The highest BCUT2D eigenvalue weighted by molar-refractivity contribution is 7.94. The molecule has 0 saturated carbocycles. The molecule has 0 spiro atoms. The molecule has 19 heavy (non-hydrogen) atoms. The summed E-state index contributed by atoms with van der Waals surface area (Å²) < 4.78 is 28.7. The van der Waals surface area contributed by atoms with Gasteiger partial charge in [-0.25, -0.2) is 8.42 Å². The van der Waals surface area contributed by atoms with Crippen molar-refractivity contribution < 1.29 is 8.42 Å². The Bertz CT molecular complexity index is 673. The van der Waals surface area contributed by atoms with E-state index in [4.69, 9.17) is 0 Å². The van der Waals surface area contributed by atoms with E-state index in [9.17, 15) is 8.42 Å². The average molecular weight is 300 g/mol. The Labute approximate surface area is 116 Å². The minimum absolute atomic E-state index is 0.306. The highest BCUT2D eigenvalue weighted by Gasteiger charge is 2.19. The quantitative estimate of drug-likeness (QED) is 0.873. The van der Waals surface area contributed by atoms with Crippen molar-refractivity contribution in [2.24, 2.45) is 7.05 Å². The molecule has 8 heteroatoms. The number of aryl methyl sites for hydroxylation is 2. The first-order chi connectivity index (χ1) is 8.92.